The Labute approximate surface area is 154 Å². The third-order valence-electron chi connectivity index (χ3n) is 4.64. The van der Waals surface area contributed by atoms with Gasteiger partial charge in [0.05, 0.1) is 16.3 Å². The largest absolute Gasteiger partial charge is 0.480 e. The lowest BCUT2D eigenvalue weighted by atomic mass is 10.1. The quantitative estimate of drug-likeness (QED) is 0.698. The second kappa shape index (κ2) is 6.57. The van der Waals surface area contributed by atoms with Crippen LogP contribution in [0.15, 0.2) is 36.4 Å². The van der Waals surface area contributed by atoms with E-state index < -0.39 is 12.0 Å². The van der Waals surface area contributed by atoms with Crippen molar-refractivity contribution in [3.63, 3.8) is 0 Å². The fourth-order valence-corrected chi connectivity index (χ4v) is 4.13. The number of nitrogens with one attached hydrogen (secondary N) is 1. The molecule has 0 saturated heterocycles. The highest BCUT2D eigenvalue weighted by Crippen LogP contribution is 2.34. The average molecular weight is 369 g/mol. The molecule has 0 spiro atoms. The van der Waals surface area contributed by atoms with E-state index >= 15 is 0 Å². The van der Waals surface area contributed by atoms with E-state index in [4.69, 9.17) is 0 Å². The molecule has 1 unspecified atom stereocenters. The van der Waals surface area contributed by atoms with Crippen molar-refractivity contribution in [3.05, 3.63) is 47.0 Å². The minimum atomic E-state index is -0.974. The lowest BCUT2D eigenvalue weighted by Gasteiger charge is -2.13. The summed E-state index contributed by atoms with van der Waals surface area (Å²) < 4.78 is 1.82. The first kappa shape index (κ1) is 16.8. The molecular formula is C19H19N3O3S. The minimum Gasteiger partial charge on any atom is -0.480 e. The van der Waals surface area contributed by atoms with Gasteiger partial charge in [0.25, 0.3) is 5.91 Å². The lowest BCUT2D eigenvalue weighted by Crippen LogP contribution is -2.40. The molecule has 7 heteroatoms. The van der Waals surface area contributed by atoms with E-state index in [1.165, 1.54) is 11.3 Å². The third kappa shape index (κ3) is 3.22. The van der Waals surface area contributed by atoms with Crippen LogP contribution in [0.3, 0.4) is 0 Å². The van der Waals surface area contributed by atoms with E-state index in [0.717, 1.165) is 34.4 Å². The normalized spacial score (nSPS) is 15.1. The molecule has 26 heavy (non-hydrogen) atoms. The molecule has 0 radical (unpaired) electrons. The van der Waals surface area contributed by atoms with Gasteiger partial charge in [-0.1, -0.05) is 31.0 Å². The molecule has 0 bridgehead atoms. The van der Waals surface area contributed by atoms with Crippen molar-refractivity contribution >= 4 is 33.4 Å². The molecule has 2 N–H and O–H groups in total. The standard InChI is InChI=1S/C19H19N3O3S/c1-11-14-10-16(17(23)20-15(19(24)25)9-12-7-8-12)26-18(14)22(21-11)13-5-3-2-4-6-13/h2-6,10,12,15H,7-9H2,1H3,(H,20,23)(H,24,25). The highest BCUT2D eigenvalue weighted by atomic mass is 32.1. The van der Waals surface area contributed by atoms with E-state index in [0.29, 0.717) is 17.2 Å². The van der Waals surface area contributed by atoms with Gasteiger partial charge in [0, 0.05) is 5.39 Å². The first-order chi connectivity index (χ1) is 12.5. The van der Waals surface area contributed by atoms with Crippen LogP contribution in [0.5, 0.6) is 0 Å². The van der Waals surface area contributed by atoms with Crippen molar-refractivity contribution < 1.29 is 14.7 Å². The molecule has 134 valence electrons. The molecule has 1 aliphatic carbocycles. The minimum absolute atomic E-state index is 0.335. The number of fused-ring (bicyclic) bond motifs is 1. The Kier molecular flexibility index (Phi) is 4.24. The smallest absolute Gasteiger partial charge is 0.326 e. The van der Waals surface area contributed by atoms with Crippen molar-refractivity contribution in [3.8, 4) is 5.69 Å². The number of amides is 1. The number of carboxylic acid groups (broad SMARTS) is 1. The summed E-state index contributed by atoms with van der Waals surface area (Å²) in [4.78, 5) is 25.4. The predicted octanol–water partition coefficient (Wildman–Crippen LogP) is 3.38. The van der Waals surface area contributed by atoms with Gasteiger partial charge in [-0.2, -0.15) is 5.10 Å². The molecule has 1 aromatic carbocycles. The summed E-state index contributed by atoms with van der Waals surface area (Å²) >= 11 is 1.33. The second-order valence-electron chi connectivity index (χ2n) is 6.71. The Hall–Kier alpha value is -2.67. The number of thiophene rings is 1. The fourth-order valence-electron chi connectivity index (χ4n) is 3.04. The maximum Gasteiger partial charge on any atom is 0.326 e. The van der Waals surface area contributed by atoms with Crippen LogP contribution in [0.25, 0.3) is 15.9 Å². The number of nitrogens with zero attached hydrogens (tertiary/aromatic N) is 2. The Balaban J connectivity index is 1.62. The van der Waals surface area contributed by atoms with Gasteiger partial charge in [0.15, 0.2) is 0 Å². The van der Waals surface area contributed by atoms with E-state index in [1.807, 2.05) is 41.9 Å². The number of aliphatic carboxylic acids is 1. The fraction of sp³-hybridized carbons (Fsp3) is 0.316. The zero-order valence-electron chi connectivity index (χ0n) is 14.3. The maximum atomic E-state index is 12.6. The van der Waals surface area contributed by atoms with Crippen LogP contribution >= 0.6 is 11.3 Å². The number of carboxylic acids is 1. The van der Waals surface area contributed by atoms with Gasteiger partial charge < -0.3 is 10.4 Å². The van der Waals surface area contributed by atoms with Crippen LogP contribution in [0.4, 0.5) is 0 Å². The van der Waals surface area contributed by atoms with E-state index in [9.17, 15) is 14.7 Å². The van der Waals surface area contributed by atoms with Crippen molar-refractivity contribution in [1.29, 1.82) is 0 Å². The van der Waals surface area contributed by atoms with Gasteiger partial charge in [0.2, 0.25) is 0 Å². The predicted molar refractivity (Wildman–Crippen MR) is 99.9 cm³/mol. The van der Waals surface area contributed by atoms with Gasteiger partial charge in [-0.05, 0) is 37.5 Å². The van der Waals surface area contributed by atoms with Crippen molar-refractivity contribution in [2.75, 3.05) is 0 Å². The number of rotatable bonds is 6. The molecule has 1 aliphatic rings. The summed E-state index contributed by atoms with van der Waals surface area (Å²) in [5.74, 6) is -0.885. The number of para-hydroxylation sites is 1. The van der Waals surface area contributed by atoms with Gasteiger partial charge >= 0.3 is 5.97 Å². The summed E-state index contributed by atoms with van der Waals surface area (Å²) in [5, 5.41) is 17.5. The molecule has 1 saturated carbocycles. The molecule has 2 heterocycles. The summed E-state index contributed by atoms with van der Waals surface area (Å²) in [6.45, 7) is 1.91. The van der Waals surface area contributed by atoms with E-state index in [1.54, 1.807) is 6.07 Å². The van der Waals surface area contributed by atoms with Crippen LogP contribution in [-0.2, 0) is 4.79 Å². The molecule has 1 amide bonds. The molecule has 1 atom stereocenters. The number of carbonyl (C=O) groups is 2. The summed E-state index contributed by atoms with van der Waals surface area (Å²) in [6.07, 6.45) is 2.60. The van der Waals surface area contributed by atoms with Crippen LogP contribution in [-0.4, -0.2) is 32.8 Å². The molecule has 6 nitrogen and oxygen atoms in total. The molecule has 1 fully saturated rings. The zero-order valence-corrected chi connectivity index (χ0v) is 15.1. The van der Waals surface area contributed by atoms with Gasteiger partial charge in [-0.3, -0.25) is 4.79 Å². The molecule has 0 aliphatic heterocycles. The SMILES string of the molecule is Cc1nn(-c2ccccc2)c2sc(C(=O)NC(CC3CC3)C(=O)O)cc12. The summed E-state index contributed by atoms with van der Waals surface area (Å²) in [6, 6.07) is 10.7. The van der Waals surface area contributed by atoms with Crippen LogP contribution in [0, 0.1) is 12.8 Å². The number of carbonyl (C=O) groups excluding carboxylic acids is 1. The number of hydrogen-bond acceptors (Lipinski definition) is 4. The van der Waals surface area contributed by atoms with Crippen LogP contribution < -0.4 is 5.32 Å². The van der Waals surface area contributed by atoms with E-state index in [2.05, 4.69) is 10.4 Å². The first-order valence-corrected chi connectivity index (χ1v) is 9.43. The van der Waals surface area contributed by atoms with Crippen molar-refractivity contribution in [2.24, 2.45) is 5.92 Å². The second-order valence-corrected chi connectivity index (χ2v) is 7.74. The monoisotopic (exact) mass is 369 g/mol. The molecule has 4 rings (SSSR count). The highest BCUT2D eigenvalue weighted by molar-refractivity contribution is 7.20. The topological polar surface area (TPSA) is 84.2 Å². The van der Waals surface area contributed by atoms with Crippen molar-refractivity contribution in [1.82, 2.24) is 15.1 Å². The number of aromatic nitrogens is 2. The average Bonchev–Trinajstić information content (AvgIpc) is 3.24. The molecule has 2 aromatic heterocycles. The van der Waals surface area contributed by atoms with Crippen molar-refractivity contribution in [2.45, 2.75) is 32.2 Å². The first-order valence-electron chi connectivity index (χ1n) is 8.61. The zero-order chi connectivity index (χ0) is 18.3. The molecule has 3 aromatic rings. The number of hydrogen-bond donors (Lipinski definition) is 2. The van der Waals surface area contributed by atoms with Crippen LogP contribution in [0.2, 0.25) is 0 Å². The molecular weight excluding hydrogens is 350 g/mol. The Morgan fingerprint density at radius 1 is 1.35 bits per heavy atom. The number of benzene rings is 1. The Morgan fingerprint density at radius 2 is 2.08 bits per heavy atom. The summed E-state index contributed by atoms with van der Waals surface area (Å²) in [5.41, 5.74) is 1.77. The lowest BCUT2D eigenvalue weighted by molar-refractivity contribution is -0.139. The highest BCUT2D eigenvalue weighted by Gasteiger charge is 2.31. The summed E-state index contributed by atoms with van der Waals surface area (Å²) in [7, 11) is 0. The third-order valence-corrected chi connectivity index (χ3v) is 5.75. The Bertz CT molecular complexity index is 973. The van der Waals surface area contributed by atoms with Crippen LogP contribution in [0.1, 0.15) is 34.6 Å². The van der Waals surface area contributed by atoms with Gasteiger partial charge in [-0.25, -0.2) is 9.48 Å². The number of aryl methyl sites for hydroxylation is 1. The Morgan fingerprint density at radius 3 is 2.73 bits per heavy atom. The van der Waals surface area contributed by atoms with Gasteiger partial charge in [-0.15, -0.1) is 11.3 Å². The van der Waals surface area contributed by atoms with Gasteiger partial charge in [0.1, 0.15) is 10.9 Å². The van der Waals surface area contributed by atoms with E-state index in [-0.39, 0.29) is 5.91 Å². The maximum absolute atomic E-state index is 12.6.